The maximum atomic E-state index is 4.34. The van der Waals surface area contributed by atoms with Gasteiger partial charge in [-0.15, -0.1) is 0 Å². The molecule has 1 aromatic heterocycles. The lowest BCUT2D eigenvalue weighted by atomic mass is 10.1. The molecule has 1 fully saturated rings. The van der Waals surface area contributed by atoms with Gasteiger partial charge in [0.15, 0.2) is 0 Å². The molecule has 0 aliphatic carbocycles. The van der Waals surface area contributed by atoms with Crippen molar-refractivity contribution in [1.29, 1.82) is 0 Å². The summed E-state index contributed by atoms with van der Waals surface area (Å²) in [5, 5.41) is 0. The maximum absolute atomic E-state index is 4.34. The highest BCUT2D eigenvalue weighted by Gasteiger charge is 2.21. The second-order valence-corrected chi connectivity index (χ2v) is 5.63. The van der Waals surface area contributed by atoms with Gasteiger partial charge < -0.3 is 9.80 Å². The molecule has 4 heteroatoms. The molecular weight excluding hydrogens is 260 g/mol. The van der Waals surface area contributed by atoms with Crippen LogP contribution in [-0.2, 0) is 13.0 Å². The standard InChI is InChI=1S/C17H22N4/c1-2-15-4-6-16(7-5-15)14-20-10-12-21(13-11-20)17-18-8-3-9-19-17/h3-9H,2,10-14H2,1H3/p+1. The Morgan fingerprint density at radius 2 is 1.62 bits per heavy atom. The van der Waals surface area contributed by atoms with E-state index in [1.165, 1.54) is 11.1 Å². The van der Waals surface area contributed by atoms with E-state index in [4.69, 9.17) is 0 Å². The molecule has 3 rings (SSSR count). The largest absolute Gasteiger partial charge is 0.330 e. The molecule has 2 aromatic rings. The number of nitrogens with one attached hydrogen (secondary N) is 1. The Hall–Kier alpha value is -1.94. The van der Waals surface area contributed by atoms with E-state index >= 15 is 0 Å². The summed E-state index contributed by atoms with van der Waals surface area (Å²) in [5.74, 6) is 0.865. The second-order valence-electron chi connectivity index (χ2n) is 5.63. The fraction of sp³-hybridized carbons (Fsp3) is 0.412. The van der Waals surface area contributed by atoms with Crippen molar-refractivity contribution in [1.82, 2.24) is 9.97 Å². The first kappa shape index (κ1) is 14.0. The molecule has 0 amide bonds. The lowest BCUT2D eigenvalue weighted by Gasteiger charge is -2.32. The maximum Gasteiger partial charge on any atom is 0.225 e. The van der Waals surface area contributed by atoms with E-state index < -0.39 is 0 Å². The van der Waals surface area contributed by atoms with Crippen LogP contribution in [0.1, 0.15) is 18.1 Å². The zero-order chi connectivity index (χ0) is 14.5. The van der Waals surface area contributed by atoms with Crippen LogP contribution >= 0.6 is 0 Å². The van der Waals surface area contributed by atoms with Crippen LogP contribution in [0.15, 0.2) is 42.7 Å². The smallest absolute Gasteiger partial charge is 0.225 e. The van der Waals surface area contributed by atoms with E-state index in [-0.39, 0.29) is 0 Å². The Labute approximate surface area is 126 Å². The highest BCUT2D eigenvalue weighted by molar-refractivity contribution is 5.28. The molecule has 1 aromatic carbocycles. The van der Waals surface area contributed by atoms with Crippen molar-refractivity contribution in [2.45, 2.75) is 19.9 Å². The summed E-state index contributed by atoms with van der Waals surface area (Å²) in [5.41, 5.74) is 2.85. The number of benzene rings is 1. The minimum atomic E-state index is 0.865. The molecule has 1 aliphatic rings. The average molecular weight is 283 g/mol. The molecule has 0 atom stereocenters. The molecule has 110 valence electrons. The van der Waals surface area contributed by atoms with Gasteiger partial charge in [-0.05, 0) is 18.1 Å². The molecule has 1 aliphatic heterocycles. The third kappa shape index (κ3) is 3.58. The average Bonchev–Trinajstić information content (AvgIpc) is 2.57. The quantitative estimate of drug-likeness (QED) is 0.907. The number of quaternary nitrogens is 1. The molecule has 0 spiro atoms. The first-order valence-electron chi connectivity index (χ1n) is 7.78. The van der Waals surface area contributed by atoms with Crippen molar-refractivity contribution in [2.75, 3.05) is 31.1 Å². The van der Waals surface area contributed by atoms with Crippen LogP contribution in [0.4, 0.5) is 5.95 Å². The van der Waals surface area contributed by atoms with Crippen LogP contribution in [0.5, 0.6) is 0 Å². The van der Waals surface area contributed by atoms with Crippen LogP contribution in [0.25, 0.3) is 0 Å². The van der Waals surface area contributed by atoms with E-state index in [1.807, 2.05) is 18.5 Å². The van der Waals surface area contributed by atoms with Crippen LogP contribution in [-0.4, -0.2) is 36.1 Å². The summed E-state index contributed by atoms with van der Waals surface area (Å²) < 4.78 is 0. The Balaban J connectivity index is 1.53. The van der Waals surface area contributed by atoms with E-state index in [1.54, 1.807) is 4.90 Å². The van der Waals surface area contributed by atoms with Gasteiger partial charge in [-0.2, -0.15) is 0 Å². The zero-order valence-corrected chi connectivity index (χ0v) is 12.6. The molecule has 0 bridgehead atoms. The number of piperazine rings is 1. The Morgan fingerprint density at radius 1 is 1.00 bits per heavy atom. The van der Waals surface area contributed by atoms with Gasteiger partial charge in [0.2, 0.25) is 5.95 Å². The predicted octanol–water partition coefficient (Wildman–Crippen LogP) is 0.944. The molecule has 1 saturated heterocycles. The first-order chi connectivity index (χ1) is 10.3. The van der Waals surface area contributed by atoms with Gasteiger partial charge >= 0.3 is 0 Å². The Kier molecular flexibility index (Phi) is 4.46. The summed E-state index contributed by atoms with van der Waals surface area (Å²) in [6.45, 7) is 7.68. The van der Waals surface area contributed by atoms with Gasteiger partial charge in [-0.3, -0.25) is 0 Å². The van der Waals surface area contributed by atoms with Crippen LogP contribution < -0.4 is 9.80 Å². The van der Waals surface area contributed by atoms with E-state index in [9.17, 15) is 0 Å². The molecule has 0 radical (unpaired) electrons. The third-order valence-corrected chi connectivity index (χ3v) is 4.19. The van der Waals surface area contributed by atoms with Gasteiger partial charge in [-0.25, -0.2) is 9.97 Å². The lowest BCUT2D eigenvalue weighted by molar-refractivity contribution is -0.914. The summed E-state index contributed by atoms with van der Waals surface area (Å²) in [4.78, 5) is 12.6. The molecule has 1 N–H and O–H groups in total. The van der Waals surface area contributed by atoms with E-state index in [2.05, 4.69) is 46.1 Å². The molecule has 21 heavy (non-hydrogen) atoms. The fourth-order valence-corrected chi connectivity index (χ4v) is 2.84. The normalized spacial score (nSPS) is 16.1. The fourth-order valence-electron chi connectivity index (χ4n) is 2.84. The Morgan fingerprint density at radius 3 is 2.24 bits per heavy atom. The van der Waals surface area contributed by atoms with Crippen molar-refractivity contribution in [3.63, 3.8) is 0 Å². The number of aryl methyl sites for hydroxylation is 1. The monoisotopic (exact) mass is 283 g/mol. The molecule has 0 saturated carbocycles. The van der Waals surface area contributed by atoms with Gasteiger partial charge in [0, 0.05) is 18.0 Å². The number of nitrogens with zero attached hydrogens (tertiary/aromatic N) is 3. The number of aromatic nitrogens is 2. The molecule has 0 unspecified atom stereocenters. The molecule has 4 nitrogen and oxygen atoms in total. The van der Waals surface area contributed by atoms with Gasteiger partial charge in [-0.1, -0.05) is 31.2 Å². The number of hydrogen-bond acceptors (Lipinski definition) is 3. The highest BCUT2D eigenvalue weighted by Crippen LogP contribution is 2.06. The van der Waals surface area contributed by atoms with Crippen molar-refractivity contribution in [3.05, 3.63) is 53.9 Å². The van der Waals surface area contributed by atoms with Crippen LogP contribution in [0.2, 0.25) is 0 Å². The summed E-state index contributed by atoms with van der Waals surface area (Å²) in [6, 6.07) is 10.9. The minimum absolute atomic E-state index is 0.865. The number of hydrogen-bond donors (Lipinski definition) is 1. The summed E-state index contributed by atoms with van der Waals surface area (Å²) >= 11 is 0. The minimum Gasteiger partial charge on any atom is -0.330 e. The first-order valence-corrected chi connectivity index (χ1v) is 7.78. The van der Waals surface area contributed by atoms with Crippen molar-refractivity contribution in [2.24, 2.45) is 0 Å². The molecule has 2 heterocycles. The number of rotatable bonds is 4. The molecular formula is C17H23N4+. The van der Waals surface area contributed by atoms with Crippen molar-refractivity contribution < 1.29 is 4.90 Å². The predicted molar refractivity (Wildman–Crippen MR) is 84.5 cm³/mol. The van der Waals surface area contributed by atoms with Crippen molar-refractivity contribution in [3.8, 4) is 0 Å². The topological polar surface area (TPSA) is 33.5 Å². The van der Waals surface area contributed by atoms with Gasteiger partial charge in [0.25, 0.3) is 0 Å². The van der Waals surface area contributed by atoms with Crippen molar-refractivity contribution >= 4 is 5.95 Å². The van der Waals surface area contributed by atoms with E-state index in [0.717, 1.165) is 45.1 Å². The van der Waals surface area contributed by atoms with Crippen LogP contribution in [0, 0.1) is 0 Å². The van der Waals surface area contributed by atoms with Crippen LogP contribution in [0.3, 0.4) is 0 Å². The van der Waals surface area contributed by atoms with Gasteiger partial charge in [0.1, 0.15) is 6.54 Å². The second kappa shape index (κ2) is 6.68. The lowest BCUT2D eigenvalue weighted by Crippen LogP contribution is -3.13. The zero-order valence-electron chi connectivity index (χ0n) is 12.6. The highest BCUT2D eigenvalue weighted by atomic mass is 15.3. The van der Waals surface area contributed by atoms with Gasteiger partial charge in [0.05, 0.1) is 26.2 Å². The van der Waals surface area contributed by atoms with E-state index in [0.29, 0.717) is 0 Å². The number of anilines is 1. The Bertz CT molecular complexity index is 545. The SMILES string of the molecule is CCc1ccc(C[NH+]2CCN(c3ncccn3)CC2)cc1. The third-order valence-electron chi connectivity index (χ3n) is 4.19. The summed E-state index contributed by atoms with van der Waals surface area (Å²) in [6.07, 6.45) is 4.75. The summed E-state index contributed by atoms with van der Waals surface area (Å²) in [7, 11) is 0.